The van der Waals surface area contributed by atoms with E-state index in [9.17, 15) is 13.2 Å². The molecule has 2 aliphatic rings. The lowest BCUT2D eigenvalue weighted by atomic mass is 10.0. The minimum absolute atomic E-state index is 0.0169. The second-order valence-electron chi connectivity index (χ2n) is 6.76. The van der Waals surface area contributed by atoms with Gasteiger partial charge in [0.15, 0.2) is 9.84 Å². The van der Waals surface area contributed by atoms with Crippen molar-refractivity contribution in [2.45, 2.75) is 47.9 Å². The lowest BCUT2D eigenvalue weighted by Gasteiger charge is -2.38. The summed E-state index contributed by atoms with van der Waals surface area (Å²) in [4.78, 5) is 19.2. The number of fused-ring (bicyclic) bond motifs is 2. The number of piperidine rings is 1. The fourth-order valence-corrected chi connectivity index (χ4v) is 6.01. The van der Waals surface area contributed by atoms with Crippen molar-refractivity contribution in [2.75, 3.05) is 0 Å². The monoisotopic (exact) mass is 356 g/mol. The minimum Gasteiger partial charge on any atom is -0.331 e. The van der Waals surface area contributed by atoms with Crippen molar-refractivity contribution in [1.82, 2.24) is 9.88 Å². The molecule has 2 atom stereocenters. The maximum absolute atomic E-state index is 12.9. The Morgan fingerprint density at radius 1 is 0.960 bits per heavy atom. The Hall–Kier alpha value is -2.21. The van der Waals surface area contributed by atoms with Crippen molar-refractivity contribution < 1.29 is 13.2 Å². The first-order chi connectivity index (χ1) is 12.1. The van der Waals surface area contributed by atoms with Gasteiger partial charge in [-0.25, -0.2) is 8.42 Å². The van der Waals surface area contributed by atoms with Crippen molar-refractivity contribution in [3.8, 4) is 0 Å². The van der Waals surface area contributed by atoms with Crippen LogP contribution in [0.25, 0.3) is 0 Å². The summed E-state index contributed by atoms with van der Waals surface area (Å²) >= 11 is 0. The highest BCUT2D eigenvalue weighted by atomic mass is 32.2. The molecule has 2 bridgehead atoms. The van der Waals surface area contributed by atoms with Crippen LogP contribution in [0, 0.1) is 0 Å². The van der Waals surface area contributed by atoms with Gasteiger partial charge in [0, 0.05) is 18.3 Å². The van der Waals surface area contributed by atoms with E-state index in [1.54, 1.807) is 48.7 Å². The van der Waals surface area contributed by atoms with Crippen molar-refractivity contribution >= 4 is 15.7 Å². The van der Waals surface area contributed by atoms with Gasteiger partial charge in [0.25, 0.3) is 5.91 Å². The van der Waals surface area contributed by atoms with Crippen molar-refractivity contribution in [2.24, 2.45) is 0 Å². The number of amides is 1. The summed E-state index contributed by atoms with van der Waals surface area (Å²) < 4.78 is 25.9. The zero-order valence-electron chi connectivity index (χ0n) is 13.8. The number of hydrogen-bond donors (Lipinski definition) is 0. The maximum Gasteiger partial charge on any atom is 0.272 e. The minimum atomic E-state index is -3.36. The molecule has 25 heavy (non-hydrogen) atoms. The number of sulfone groups is 1. The Kier molecular flexibility index (Phi) is 4.07. The molecule has 130 valence electrons. The molecule has 5 nitrogen and oxygen atoms in total. The van der Waals surface area contributed by atoms with Gasteiger partial charge in [-0.2, -0.15) is 0 Å². The van der Waals surface area contributed by atoms with Crippen LogP contribution in [0.5, 0.6) is 0 Å². The molecule has 3 heterocycles. The van der Waals surface area contributed by atoms with Crippen molar-refractivity contribution in [1.29, 1.82) is 0 Å². The highest BCUT2D eigenvalue weighted by molar-refractivity contribution is 7.92. The summed E-state index contributed by atoms with van der Waals surface area (Å²) in [6.45, 7) is 0. The van der Waals surface area contributed by atoms with Gasteiger partial charge in [0.2, 0.25) is 0 Å². The molecular formula is C19H20N2O3S. The number of hydrogen-bond acceptors (Lipinski definition) is 4. The van der Waals surface area contributed by atoms with E-state index < -0.39 is 15.1 Å². The van der Waals surface area contributed by atoms with Crippen molar-refractivity contribution in [3.63, 3.8) is 0 Å². The van der Waals surface area contributed by atoms with Crippen LogP contribution in [0.2, 0.25) is 0 Å². The van der Waals surface area contributed by atoms with Crippen LogP contribution in [0.3, 0.4) is 0 Å². The Labute approximate surface area is 147 Å². The molecule has 1 aromatic carbocycles. The van der Waals surface area contributed by atoms with Gasteiger partial charge < -0.3 is 4.90 Å². The lowest BCUT2D eigenvalue weighted by molar-refractivity contribution is 0.0592. The first-order valence-electron chi connectivity index (χ1n) is 8.60. The van der Waals surface area contributed by atoms with E-state index in [0.717, 1.165) is 12.8 Å². The molecule has 2 saturated heterocycles. The van der Waals surface area contributed by atoms with Gasteiger partial charge in [0.05, 0.1) is 10.1 Å². The molecule has 0 saturated carbocycles. The van der Waals surface area contributed by atoms with Gasteiger partial charge in [-0.05, 0) is 49.9 Å². The number of carbonyl (C=O) groups is 1. The number of nitrogens with zero attached hydrogens (tertiary/aromatic N) is 2. The molecule has 2 aliphatic heterocycles. The number of carbonyl (C=O) groups excluding carboxylic acids is 1. The van der Waals surface area contributed by atoms with Crippen LogP contribution in [-0.2, 0) is 9.84 Å². The van der Waals surface area contributed by atoms with Gasteiger partial charge in [-0.15, -0.1) is 0 Å². The molecule has 1 aromatic heterocycles. The van der Waals surface area contributed by atoms with E-state index in [1.165, 1.54) is 0 Å². The van der Waals surface area contributed by atoms with E-state index in [0.29, 0.717) is 23.4 Å². The van der Waals surface area contributed by atoms with E-state index in [1.807, 2.05) is 11.0 Å². The fourth-order valence-electron chi connectivity index (χ4n) is 4.14. The van der Waals surface area contributed by atoms with Crippen LogP contribution in [0.4, 0.5) is 0 Å². The molecule has 4 rings (SSSR count). The van der Waals surface area contributed by atoms with Gasteiger partial charge in [0.1, 0.15) is 5.69 Å². The van der Waals surface area contributed by atoms with E-state index in [-0.39, 0.29) is 18.0 Å². The zero-order chi connectivity index (χ0) is 17.4. The molecule has 0 unspecified atom stereocenters. The van der Waals surface area contributed by atoms with Crippen LogP contribution in [-0.4, -0.2) is 41.5 Å². The third-order valence-corrected chi connectivity index (χ3v) is 7.51. The first kappa shape index (κ1) is 16.3. The maximum atomic E-state index is 12.9. The SMILES string of the molecule is O=C(c1ccccn1)N1[C@@H]2CC[C@@H]1CC(S(=O)(=O)c1ccccc1)C2. The highest BCUT2D eigenvalue weighted by Crippen LogP contribution is 2.40. The molecule has 0 spiro atoms. The van der Waals surface area contributed by atoms with Crippen LogP contribution >= 0.6 is 0 Å². The normalized spacial score (nSPS) is 25.8. The second-order valence-corrected chi connectivity index (χ2v) is 8.99. The Balaban J connectivity index is 1.57. The fraction of sp³-hybridized carbons (Fsp3) is 0.368. The largest absolute Gasteiger partial charge is 0.331 e. The zero-order valence-corrected chi connectivity index (χ0v) is 14.6. The summed E-state index contributed by atoms with van der Waals surface area (Å²) in [7, 11) is -3.36. The number of aromatic nitrogens is 1. The standard InChI is InChI=1S/C19H20N2O3S/c22-19(18-8-4-5-11-20-18)21-14-9-10-15(21)13-17(12-14)25(23,24)16-6-2-1-3-7-16/h1-8,11,14-15,17H,9-10,12-13H2/t14-,15-/m1/s1. The average molecular weight is 356 g/mol. The number of benzene rings is 1. The van der Waals surface area contributed by atoms with Crippen LogP contribution in [0.1, 0.15) is 36.2 Å². The summed E-state index contributed by atoms with van der Waals surface area (Å²) in [6, 6.07) is 13.9. The molecule has 1 amide bonds. The summed E-state index contributed by atoms with van der Waals surface area (Å²) in [5.41, 5.74) is 0.434. The van der Waals surface area contributed by atoms with Crippen LogP contribution in [0.15, 0.2) is 59.6 Å². The molecule has 6 heteroatoms. The third-order valence-electron chi connectivity index (χ3n) is 5.32. The van der Waals surface area contributed by atoms with Crippen LogP contribution < -0.4 is 0 Å². The molecule has 2 aromatic rings. The third kappa shape index (κ3) is 2.84. The van der Waals surface area contributed by atoms with Gasteiger partial charge in [-0.3, -0.25) is 9.78 Å². The summed E-state index contributed by atoms with van der Waals surface area (Å²) in [5.74, 6) is -0.0799. The molecule has 0 aliphatic carbocycles. The average Bonchev–Trinajstić information content (AvgIpc) is 2.91. The Morgan fingerprint density at radius 2 is 1.60 bits per heavy atom. The predicted molar refractivity (Wildman–Crippen MR) is 93.9 cm³/mol. The van der Waals surface area contributed by atoms with E-state index in [4.69, 9.17) is 0 Å². The Morgan fingerprint density at radius 3 is 2.20 bits per heavy atom. The van der Waals surface area contributed by atoms with E-state index in [2.05, 4.69) is 4.98 Å². The molecular weight excluding hydrogens is 336 g/mol. The predicted octanol–water partition coefficient (Wildman–Crippen LogP) is 2.69. The summed E-state index contributed by atoms with van der Waals surface area (Å²) in [6.07, 6.45) is 4.36. The van der Waals surface area contributed by atoms with Gasteiger partial charge >= 0.3 is 0 Å². The molecule has 0 N–H and O–H groups in total. The van der Waals surface area contributed by atoms with Gasteiger partial charge in [-0.1, -0.05) is 24.3 Å². The number of rotatable bonds is 3. The van der Waals surface area contributed by atoms with Crippen molar-refractivity contribution in [3.05, 3.63) is 60.4 Å². The molecule has 0 radical (unpaired) electrons. The smallest absolute Gasteiger partial charge is 0.272 e. The quantitative estimate of drug-likeness (QED) is 0.848. The topological polar surface area (TPSA) is 67.3 Å². The summed E-state index contributed by atoms with van der Waals surface area (Å²) in [5, 5.41) is -0.416. The molecule has 2 fully saturated rings. The highest BCUT2D eigenvalue weighted by Gasteiger charge is 2.47. The number of pyridine rings is 1. The Bertz CT molecular complexity index is 854. The van der Waals surface area contributed by atoms with E-state index >= 15 is 0 Å². The second kappa shape index (κ2) is 6.26. The lowest BCUT2D eigenvalue weighted by Crippen LogP contribution is -2.49. The first-order valence-corrected chi connectivity index (χ1v) is 10.1.